The van der Waals surface area contributed by atoms with Crippen molar-refractivity contribution in [3.8, 4) is 0 Å². The average Bonchev–Trinajstić information content (AvgIpc) is 2.85. The van der Waals surface area contributed by atoms with Gasteiger partial charge < -0.3 is 14.5 Å². The van der Waals surface area contributed by atoms with Crippen molar-refractivity contribution in [1.29, 1.82) is 0 Å². The summed E-state index contributed by atoms with van der Waals surface area (Å²) in [4.78, 5) is 20.0. The number of carbonyl (C=O) groups excluding carboxylic acids is 1. The first-order chi connectivity index (χ1) is 9.78. The van der Waals surface area contributed by atoms with Crippen molar-refractivity contribution in [1.82, 2.24) is 9.88 Å². The second-order valence-corrected chi connectivity index (χ2v) is 6.71. The Labute approximate surface area is 130 Å². The Hall–Kier alpha value is -1.49. The van der Waals surface area contributed by atoms with E-state index in [1.165, 1.54) is 0 Å². The number of aromatic nitrogens is 1. The minimum Gasteiger partial charge on any atom is -0.444 e. The average molecular weight is 312 g/mol. The first-order valence-corrected chi connectivity index (χ1v) is 7.46. The first-order valence-electron chi connectivity index (χ1n) is 7.08. The third kappa shape index (κ3) is 4.00. The van der Waals surface area contributed by atoms with Gasteiger partial charge in [-0.25, -0.2) is 4.79 Å². The highest BCUT2D eigenvalue weighted by Gasteiger charge is 2.31. The Balaban J connectivity index is 1.99. The number of amides is 1. The molecule has 6 heteroatoms. The molecule has 2 rings (SSSR count). The number of hydrogen-bond donors (Lipinski definition) is 0. The molecular formula is C15H22ClN3O2. The van der Waals surface area contributed by atoms with Gasteiger partial charge in [0, 0.05) is 26.3 Å². The second-order valence-electron chi connectivity index (χ2n) is 6.31. The highest BCUT2D eigenvalue weighted by molar-refractivity contribution is 6.33. The van der Waals surface area contributed by atoms with Gasteiger partial charge in [-0.15, -0.1) is 0 Å². The van der Waals surface area contributed by atoms with Crippen LogP contribution in [0, 0.1) is 0 Å². The lowest BCUT2D eigenvalue weighted by atomic mass is 10.2. The predicted molar refractivity (Wildman–Crippen MR) is 83.9 cm³/mol. The van der Waals surface area contributed by atoms with Crippen molar-refractivity contribution < 1.29 is 9.53 Å². The number of pyridine rings is 1. The van der Waals surface area contributed by atoms with Crippen LogP contribution in [0.15, 0.2) is 18.5 Å². The summed E-state index contributed by atoms with van der Waals surface area (Å²) in [5.74, 6) is 0. The molecule has 0 spiro atoms. The van der Waals surface area contributed by atoms with Crippen LogP contribution in [0.4, 0.5) is 10.5 Å². The van der Waals surface area contributed by atoms with Gasteiger partial charge in [-0.3, -0.25) is 4.98 Å². The molecular weight excluding hydrogens is 290 g/mol. The van der Waals surface area contributed by atoms with Crippen LogP contribution in [-0.2, 0) is 4.74 Å². The zero-order valence-corrected chi connectivity index (χ0v) is 13.7. The monoisotopic (exact) mass is 311 g/mol. The number of hydrogen-bond acceptors (Lipinski definition) is 4. The highest BCUT2D eigenvalue weighted by atomic mass is 35.5. The zero-order valence-electron chi connectivity index (χ0n) is 13.0. The third-order valence-corrected chi connectivity index (χ3v) is 3.80. The summed E-state index contributed by atoms with van der Waals surface area (Å²) in [5.41, 5.74) is 0.440. The predicted octanol–water partition coefficient (Wildman–Crippen LogP) is 3.18. The standard InChI is InChI=1S/C15H22ClN3O2/c1-15(2,3)21-14(20)18(4)11-6-8-19(10-11)13-9-17-7-5-12(13)16/h5,7,9,11H,6,8,10H2,1-4H3. The molecule has 1 aromatic heterocycles. The Morgan fingerprint density at radius 2 is 2.24 bits per heavy atom. The molecule has 1 atom stereocenters. The third-order valence-electron chi connectivity index (χ3n) is 3.48. The number of carbonyl (C=O) groups is 1. The van der Waals surface area contributed by atoms with Gasteiger partial charge in [0.1, 0.15) is 5.60 Å². The smallest absolute Gasteiger partial charge is 0.410 e. The van der Waals surface area contributed by atoms with E-state index in [1.54, 1.807) is 30.4 Å². The summed E-state index contributed by atoms with van der Waals surface area (Å²) >= 11 is 6.19. The zero-order chi connectivity index (χ0) is 15.6. The van der Waals surface area contributed by atoms with Crippen LogP contribution in [0.1, 0.15) is 27.2 Å². The molecule has 1 fully saturated rings. The molecule has 0 saturated carbocycles. The molecule has 0 bridgehead atoms. The molecule has 1 aliphatic rings. The van der Waals surface area contributed by atoms with Crippen molar-refractivity contribution in [2.24, 2.45) is 0 Å². The van der Waals surface area contributed by atoms with E-state index in [4.69, 9.17) is 16.3 Å². The maximum atomic E-state index is 12.1. The minimum absolute atomic E-state index is 0.121. The van der Waals surface area contributed by atoms with Gasteiger partial charge >= 0.3 is 6.09 Å². The van der Waals surface area contributed by atoms with Crippen LogP contribution in [0.3, 0.4) is 0 Å². The molecule has 1 aromatic rings. The van der Waals surface area contributed by atoms with Crippen molar-refractivity contribution in [3.63, 3.8) is 0 Å². The summed E-state index contributed by atoms with van der Waals surface area (Å²) < 4.78 is 5.41. The van der Waals surface area contributed by atoms with Crippen LogP contribution in [0.25, 0.3) is 0 Å². The molecule has 1 aliphatic heterocycles. The van der Waals surface area contributed by atoms with Crippen LogP contribution >= 0.6 is 11.6 Å². The topological polar surface area (TPSA) is 45.7 Å². The molecule has 5 nitrogen and oxygen atoms in total. The van der Waals surface area contributed by atoms with Gasteiger partial charge in [-0.1, -0.05) is 11.6 Å². The van der Waals surface area contributed by atoms with Gasteiger partial charge in [0.15, 0.2) is 0 Å². The number of likely N-dealkylation sites (N-methyl/N-ethyl adjacent to an activating group) is 1. The number of anilines is 1. The lowest BCUT2D eigenvalue weighted by Crippen LogP contribution is -2.42. The maximum absolute atomic E-state index is 12.1. The fourth-order valence-corrected chi connectivity index (χ4v) is 2.59. The Bertz CT molecular complexity index is 516. The van der Waals surface area contributed by atoms with E-state index in [0.717, 1.165) is 25.2 Å². The molecule has 1 saturated heterocycles. The van der Waals surface area contributed by atoms with Crippen LogP contribution in [0.5, 0.6) is 0 Å². The van der Waals surface area contributed by atoms with Crippen molar-refractivity contribution in [2.45, 2.75) is 38.8 Å². The van der Waals surface area contributed by atoms with Gasteiger partial charge in [-0.05, 0) is 33.3 Å². The summed E-state index contributed by atoms with van der Waals surface area (Å²) in [7, 11) is 1.78. The normalized spacial score (nSPS) is 18.7. The van der Waals surface area contributed by atoms with Crippen molar-refractivity contribution in [2.75, 3.05) is 25.0 Å². The summed E-state index contributed by atoms with van der Waals surface area (Å²) in [6.45, 7) is 7.20. The molecule has 21 heavy (non-hydrogen) atoms. The van der Waals surface area contributed by atoms with Gasteiger partial charge in [0.25, 0.3) is 0 Å². The lowest BCUT2D eigenvalue weighted by molar-refractivity contribution is 0.0238. The van der Waals surface area contributed by atoms with Crippen molar-refractivity contribution in [3.05, 3.63) is 23.5 Å². The number of halogens is 1. The van der Waals surface area contributed by atoms with Crippen molar-refractivity contribution >= 4 is 23.4 Å². The number of ether oxygens (including phenoxy) is 1. The summed E-state index contributed by atoms with van der Waals surface area (Å²) in [6.07, 6.45) is 4.04. The SMILES string of the molecule is CN(C(=O)OC(C)(C)C)C1CCN(c2cnccc2Cl)C1. The molecule has 1 unspecified atom stereocenters. The van der Waals surface area contributed by atoms with E-state index in [1.807, 2.05) is 20.8 Å². The minimum atomic E-state index is -0.476. The molecule has 0 aromatic carbocycles. The largest absolute Gasteiger partial charge is 0.444 e. The van der Waals surface area contributed by atoms with E-state index < -0.39 is 5.60 Å². The summed E-state index contributed by atoms with van der Waals surface area (Å²) in [5, 5.41) is 0.686. The Morgan fingerprint density at radius 3 is 2.86 bits per heavy atom. The fourth-order valence-electron chi connectivity index (χ4n) is 2.36. The van der Waals surface area contributed by atoms with Crippen LogP contribution in [0.2, 0.25) is 5.02 Å². The van der Waals surface area contributed by atoms with Gasteiger partial charge in [-0.2, -0.15) is 0 Å². The van der Waals surface area contributed by atoms with Crippen LogP contribution in [-0.4, -0.2) is 47.8 Å². The van der Waals surface area contributed by atoms with E-state index in [0.29, 0.717) is 5.02 Å². The lowest BCUT2D eigenvalue weighted by Gasteiger charge is -2.28. The van der Waals surface area contributed by atoms with E-state index in [2.05, 4.69) is 9.88 Å². The quantitative estimate of drug-likeness (QED) is 0.841. The fraction of sp³-hybridized carbons (Fsp3) is 0.600. The van der Waals surface area contributed by atoms with Gasteiger partial charge in [0.2, 0.25) is 0 Å². The first kappa shape index (κ1) is 15.9. The molecule has 116 valence electrons. The highest BCUT2D eigenvalue weighted by Crippen LogP contribution is 2.28. The van der Waals surface area contributed by atoms with E-state index >= 15 is 0 Å². The number of nitrogens with zero attached hydrogens (tertiary/aromatic N) is 3. The second kappa shape index (κ2) is 6.10. The van der Waals surface area contributed by atoms with E-state index in [9.17, 15) is 4.79 Å². The Kier molecular flexibility index (Phi) is 4.61. The molecule has 0 aliphatic carbocycles. The van der Waals surface area contributed by atoms with Crippen LogP contribution < -0.4 is 4.90 Å². The van der Waals surface area contributed by atoms with Gasteiger partial charge in [0.05, 0.1) is 22.9 Å². The Morgan fingerprint density at radius 1 is 1.52 bits per heavy atom. The van der Waals surface area contributed by atoms with E-state index in [-0.39, 0.29) is 12.1 Å². The molecule has 1 amide bonds. The molecule has 0 N–H and O–H groups in total. The number of rotatable bonds is 2. The molecule has 2 heterocycles. The maximum Gasteiger partial charge on any atom is 0.410 e. The molecule has 0 radical (unpaired) electrons. The summed E-state index contributed by atoms with van der Waals surface area (Å²) in [6, 6.07) is 1.90.